The SMILES string of the molecule is CC(C)(C)c1ccc2c(c1)-c1cc(C(C)(C)C)c[c]([Zr+2]([C]3=CC=CC3)=[Si](c3ccccc3)c3ccccc3)c1C2.[Cl-].[Cl-]. The number of hydrogen-bond donors (Lipinski definition) is 0. The average Bonchev–Trinajstić information content (AvgIpc) is 3.59. The Hall–Kier alpha value is -1.96. The van der Waals surface area contributed by atoms with E-state index in [0.717, 1.165) is 12.8 Å². The van der Waals surface area contributed by atoms with E-state index in [1.165, 1.54) is 27.8 Å². The standard InChI is InChI=1S/C21H25.C12H10Si.C5H5.2ClH.Zr/c1-20(2,3)16-9-7-14-11-15-8-10-17(21(4,5)6)13-19(15)18(14)12-16;1-3-7-11(8-4-1)13-12-9-5-2-6-10-12;1-2-4-5-3-1;;;/h7,9-10,12-13H,11H2,1-6H3;1-10H;1-3H,4H2;2*1H;/q;;;;;+2/p-2. The first-order valence-corrected chi connectivity index (χ1v) is 22.3. The third-order valence-corrected chi connectivity index (χ3v) is 27.2. The number of fused-ring (bicyclic) bond motifs is 3. The molecule has 4 aromatic carbocycles. The van der Waals surface area contributed by atoms with Crippen molar-refractivity contribution in [3.8, 4) is 11.1 Å². The summed E-state index contributed by atoms with van der Waals surface area (Å²) in [6, 6.07) is 35.6. The number of halogens is 2. The maximum Gasteiger partial charge on any atom is -1.00 e. The van der Waals surface area contributed by atoms with Crippen LogP contribution in [-0.4, -0.2) is 5.43 Å². The van der Waals surface area contributed by atoms with Crippen LogP contribution >= 0.6 is 0 Å². The van der Waals surface area contributed by atoms with Gasteiger partial charge >= 0.3 is 251 Å². The van der Waals surface area contributed by atoms with E-state index in [0.29, 0.717) is 0 Å². The molecule has 0 fully saturated rings. The Morgan fingerprint density at radius 3 is 1.74 bits per heavy atom. The third kappa shape index (κ3) is 6.44. The number of hydrogen-bond acceptors (Lipinski definition) is 0. The smallest absolute Gasteiger partial charge is 1.00 e. The van der Waals surface area contributed by atoms with Gasteiger partial charge in [0.15, 0.2) is 0 Å². The summed E-state index contributed by atoms with van der Waals surface area (Å²) >= 11 is -2.46. The summed E-state index contributed by atoms with van der Waals surface area (Å²) in [5.41, 5.74) is 8.29. The summed E-state index contributed by atoms with van der Waals surface area (Å²) in [5.74, 6) is 0. The van der Waals surface area contributed by atoms with Crippen molar-refractivity contribution in [3.05, 3.63) is 135 Å². The molecule has 0 aromatic heterocycles. The summed E-state index contributed by atoms with van der Waals surface area (Å²) in [6.07, 6.45) is 9.41. The van der Waals surface area contributed by atoms with Crippen molar-refractivity contribution in [1.29, 1.82) is 0 Å². The monoisotopic (exact) mass is 684 g/mol. The summed E-state index contributed by atoms with van der Waals surface area (Å²) < 4.78 is 3.50. The molecule has 0 bridgehead atoms. The number of benzene rings is 4. The molecule has 0 nitrogen and oxygen atoms in total. The molecule has 4 aromatic rings. The normalized spacial score (nSPS) is 13.2. The largest absolute Gasteiger partial charge is 1.00 e. The molecule has 42 heavy (non-hydrogen) atoms. The Kier molecular flexibility index (Phi) is 10.2. The maximum atomic E-state index is 2.68. The quantitative estimate of drug-likeness (QED) is 0.253. The zero-order valence-electron chi connectivity index (χ0n) is 25.6. The van der Waals surface area contributed by atoms with Gasteiger partial charge in [-0.15, -0.1) is 0 Å². The van der Waals surface area contributed by atoms with Crippen LogP contribution in [0, 0.1) is 0 Å². The van der Waals surface area contributed by atoms with Gasteiger partial charge in [0.1, 0.15) is 0 Å². The van der Waals surface area contributed by atoms with Gasteiger partial charge in [0.2, 0.25) is 0 Å². The maximum absolute atomic E-state index is 2.68. The molecule has 4 heteroatoms. The van der Waals surface area contributed by atoms with Gasteiger partial charge in [0.05, 0.1) is 0 Å². The first-order chi connectivity index (χ1) is 19.1. The second kappa shape index (κ2) is 13.0. The van der Waals surface area contributed by atoms with Gasteiger partial charge in [-0.2, -0.15) is 0 Å². The zero-order chi connectivity index (χ0) is 28.1. The van der Waals surface area contributed by atoms with Crippen LogP contribution in [0.2, 0.25) is 0 Å². The molecule has 0 saturated heterocycles. The second-order valence-corrected chi connectivity index (χ2v) is 26.7. The number of rotatable bonds is 4. The molecule has 6 rings (SSSR count). The summed E-state index contributed by atoms with van der Waals surface area (Å²) in [5, 5.41) is 3.14. The zero-order valence-corrected chi connectivity index (χ0v) is 30.5. The number of allylic oxidation sites excluding steroid dienone is 4. The topological polar surface area (TPSA) is 0 Å². The van der Waals surface area contributed by atoms with Crippen molar-refractivity contribution in [1.82, 2.24) is 0 Å². The minimum Gasteiger partial charge on any atom is -1.00 e. The van der Waals surface area contributed by atoms with Crippen molar-refractivity contribution >= 4 is 19.1 Å². The molecule has 0 saturated carbocycles. The van der Waals surface area contributed by atoms with E-state index in [1.807, 2.05) is 0 Å². The van der Waals surface area contributed by atoms with Crippen LogP contribution in [0.4, 0.5) is 0 Å². The third-order valence-electron chi connectivity index (χ3n) is 8.49. The molecule has 2 aliphatic rings. The van der Waals surface area contributed by atoms with Gasteiger partial charge in [-0.3, -0.25) is 0 Å². The minimum atomic E-state index is -2.46. The molecule has 0 atom stereocenters. The van der Waals surface area contributed by atoms with Crippen LogP contribution in [0.5, 0.6) is 0 Å². The molecule has 2 aliphatic carbocycles. The van der Waals surface area contributed by atoms with E-state index in [2.05, 4.69) is 151 Å². The molecular weight excluding hydrogens is 647 g/mol. The summed E-state index contributed by atoms with van der Waals surface area (Å²) in [4.78, 5) is 0. The molecule has 0 amide bonds. The molecule has 0 spiro atoms. The van der Waals surface area contributed by atoms with Crippen molar-refractivity contribution in [2.24, 2.45) is 0 Å². The van der Waals surface area contributed by atoms with Crippen LogP contribution < -0.4 is 38.5 Å². The van der Waals surface area contributed by atoms with Crippen molar-refractivity contribution in [2.45, 2.75) is 65.2 Å². The van der Waals surface area contributed by atoms with Gasteiger partial charge in [0.25, 0.3) is 0 Å². The molecule has 0 aliphatic heterocycles. The Morgan fingerprint density at radius 1 is 0.643 bits per heavy atom. The van der Waals surface area contributed by atoms with E-state index in [-0.39, 0.29) is 35.6 Å². The summed E-state index contributed by atoms with van der Waals surface area (Å²) in [6.45, 7) is 14.2. The fraction of sp³-hybridized carbons (Fsp3) is 0.263. The van der Waals surface area contributed by atoms with E-state index in [9.17, 15) is 0 Å². The molecule has 0 heterocycles. The van der Waals surface area contributed by atoms with Gasteiger partial charge in [0, 0.05) is 0 Å². The minimum absolute atomic E-state index is 0. The van der Waals surface area contributed by atoms with Gasteiger partial charge in [-0.05, 0) is 0 Å². The molecule has 0 N–H and O–H groups in total. The van der Waals surface area contributed by atoms with E-state index >= 15 is 0 Å². The van der Waals surface area contributed by atoms with E-state index in [4.69, 9.17) is 0 Å². The summed E-state index contributed by atoms with van der Waals surface area (Å²) in [7, 11) is 0. The average molecular weight is 687 g/mol. The van der Waals surface area contributed by atoms with Crippen LogP contribution in [-0.2, 0) is 37.6 Å². The van der Waals surface area contributed by atoms with Crippen LogP contribution in [0.25, 0.3) is 11.1 Å². The van der Waals surface area contributed by atoms with E-state index < -0.39 is 25.8 Å². The Bertz CT molecular complexity index is 1640. The Balaban J connectivity index is 0.00000202. The predicted molar refractivity (Wildman–Crippen MR) is 171 cm³/mol. The van der Waals surface area contributed by atoms with Gasteiger partial charge in [-0.25, -0.2) is 0 Å². The molecular formula is C38H40Cl2SiZr. The van der Waals surface area contributed by atoms with Crippen LogP contribution in [0.1, 0.15) is 70.2 Å². The van der Waals surface area contributed by atoms with Crippen molar-refractivity contribution in [2.75, 3.05) is 0 Å². The van der Waals surface area contributed by atoms with Crippen LogP contribution in [0.3, 0.4) is 0 Å². The molecule has 0 unspecified atom stereocenters. The predicted octanol–water partition coefficient (Wildman–Crippen LogP) is 1.75. The van der Waals surface area contributed by atoms with Crippen molar-refractivity contribution in [3.63, 3.8) is 0 Å². The van der Waals surface area contributed by atoms with Gasteiger partial charge in [-0.1, -0.05) is 0 Å². The Labute approximate surface area is 273 Å². The first-order valence-electron chi connectivity index (χ1n) is 14.6. The fourth-order valence-electron chi connectivity index (χ4n) is 6.16. The van der Waals surface area contributed by atoms with Gasteiger partial charge < -0.3 is 24.8 Å². The Morgan fingerprint density at radius 2 is 1.21 bits per heavy atom. The van der Waals surface area contributed by atoms with E-state index in [1.54, 1.807) is 22.5 Å². The molecule has 0 radical (unpaired) electrons. The molecule has 214 valence electrons. The first kappa shape index (κ1) is 32.9. The van der Waals surface area contributed by atoms with Crippen molar-refractivity contribution < 1.29 is 45.2 Å². The second-order valence-electron chi connectivity index (χ2n) is 13.4. The van der Waals surface area contributed by atoms with Crippen LogP contribution in [0.15, 0.2) is 113 Å². The fourth-order valence-corrected chi connectivity index (χ4v) is 26.5.